The Morgan fingerprint density at radius 3 is 2.71 bits per heavy atom. The zero-order chi connectivity index (χ0) is 12.4. The maximum absolute atomic E-state index is 5.86. The van der Waals surface area contributed by atoms with Crippen LogP contribution in [-0.2, 0) is 11.3 Å². The van der Waals surface area contributed by atoms with Crippen molar-refractivity contribution in [2.75, 3.05) is 26.2 Å². The SMILES string of the molecule is CCN1CCOC(Cn2cc(C)c(C)c2C)C1. The van der Waals surface area contributed by atoms with Crippen LogP contribution in [0.3, 0.4) is 0 Å². The molecule has 0 amide bonds. The van der Waals surface area contributed by atoms with Crippen molar-refractivity contribution in [1.82, 2.24) is 9.47 Å². The third-order valence-corrected chi connectivity index (χ3v) is 3.98. The van der Waals surface area contributed by atoms with Crippen LogP contribution in [0.2, 0.25) is 0 Å². The Morgan fingerprint density at radius 2 is 2.12 bits per heavy atom. The summed E-state index contributed by atoms with van der Waals surface area (Å²) in [6, 6.07) is 0. The number of hydrogen-bond donors (Lipinski definition) is 0. The fraction of sp³-hybridized carbons (Fsp3) is 0.714. The van der Waals surface area contributed by atoms with Crippen LogP contribution in [0, 0.1) is 20.8 Å². The molecule has 1 aromatic heterocycles. The third kappa shape index (κ3) is 2.72. The monoisotopic (exact) mass is 236 g/mol. The lowest BCUT2D eigenvalue weighted by molar-refractivity contribution is -0.0344. The van der Waals surface area contributed by atoms with Gasteiger partial charge in [0.05, 0.1) is 12.7 Å². The number of rotatable bonds is 3. The van der Waals surface area contributed by atoms with Crippen LogP contribution in [0.5, 0.6) is 0 Å². The molecule has 0 saturated carbocycles. The summed E-state index contributed by atoms with van der Waals surface area (Å²) in [4.78, 5) is 2.46. The van der Waals surface area contributed by atoms with Crippen molar-refractivity contribution in [2.24, 2.45) is 0 Å². The lowest BCUT2D eigenvalue weighted by Gasteiger charge is -2.32. The molecular weight excluding hydrogens is 212 g/mol. The Balaban J connectivity index is 2.02. The van der Waals surface area contributed by atoms with E-state index in [1.807, 2.05) is 0 Å². The van der Waals surface area contributed by atoms with Crippen LogP contribution in [0.25, 0.3) is 0 Å². The maximum atomic E-state index is 5.86. The normalized spacial score (nSPS) is 22.0. The molecule has 96 valence electrons. The van der Waals surface area contributed by atoms with Crippen LogP contribution >= 0.6 is 0 Å². The molecule has 1 aliphatic heterocycles. The molecule has 1 fully saturated rings. The van der Waals surface area contributed by atoms with Gasteiger partial charge < -0.3 is 9.30 Å². The molecule has 0 aliphatic carbocycles. The van der Waals surface area contributed by atoms with Gasteiger partial charge in [0.2, 0.25) is 0 Å². The van der Waals surface area contributed by atoms with E-state index in [-0.39, 0.29) is 0 Å². The second kappa shape index (κ2) is 5.23. The number of aromatic nitrogens is 1. The van der Waals surface area contributed by atoms with Crippen LogP contribution in [-0.4, -0.2) is 41.8 Å². The first-order chi connectivity index (χ1) is 8.11. The second-order valence-electron chi connectivity index (χ2n) is 5.06. The van der Waals surface area contributed by atoms with Gasteiger partial charge in [0.15, 0.2) is 0 Å². The van der Waals surface area contributed by atoms with Gasteiger partial charge in [0.1, 0.15) is 0 Å². The van der Waals surface area contributed by atoms with Crippen molar-refractivity contribution in [3.8, 4) is 0 Å². The van der Waals surface area contributed by atoms with Gasteiger partial charge in [0, 0.05) is 31.5 Å². The average Bonchev–Trinajstić information content (AvgIpc) is 2.57. The van der Waals surface area contributed by atoms with E-state index in [1.165, 1.54) is 16.8 Å². The van der Waals surface area contributed by atoms with Gasteiger partial charge in [-0.2, -0.15) is 0 Å². The van der Waals surface area contributed by atoms with Gasteiger partial charge in [0.25, 0.3) is 0 Å². The zero-order valence-electron chi connectivity index (χ0n) is 11.5. The first-order valence-corrected chi connectivity index (χ1v) is 6.58. The van der Waals surface area contributed by atoms with Crippen molar-refractivity contribution >= 4 is 0 Å². The summed E-state index contributed by atoms with van der Waals surface area (Å²) in [5.41, 5.74) is 4.17. The van der Waals surface area contributed by atoms with Crippen molar-refractivity contribution in [2.45, 2.75) is 40.3 Å². The Labute approximate surface area is 104 Å². The van der Waals surface area contributed by atoms with Gasteiger partial charge in [-0.1, -0.05) is 6.92 Å². The van der Waals surface area contributed by atoms with Crippen LogP contribution < -0.4 is 0 Å². The van der Waals surface area contributed by atoms with Crippen LogP contribution in [0.15, 0.2) is 6.20 Å². The first-order valence-electron chi connectivity index (χ1n) is 6.58. The van der Waals surface area contributed by atoms with E-state index in [2.05, 4.69) is 43.4 Å². The number of ether oxygens (including phenoxy) is 1. The number of likely N-dealkylation sites (N-methyl/N-ethyl adjacent to an activating group) is 1. The summed E-state index contributed by atoms with van der Waals surface area (Å²) >= 11 is 0. The maximum Gasteiger partial charge on any atom is 0.0881 e. The average molecular weight is 236 g/mol. The first kappa shape index (κ1) is 12.7. The third-order valence-electron chi connectivity index (χ3n) is 3.98. The summed E-state index contributed by atoms with van der Waals surface area (Å²) in [5, 5.41) is 0. The van der Waals surface area contributed by atoms with E-state index < -0.39 is 0 Å². The van der Waals surface area contributed by atoms with E-state index in [1.54, 1.807) is 0 Å². The van der Waals surface area contributed by atoms with Crippen LogP contribution in [0.4, 0.5) is 0 Å². The van der Waals surface area contributed by atoms with Gasteiger partial charge >= 0.3 is 0 Å². The molecule has 0 spiro atoms. The largest absolute Gasteiger partial charge is 0.374 e. The molecule has 3 heteroatoms. The van der Waals surface area contributed by atoms with Crippen molar-refractivity contribution in [1.29, 1.82) is 0 Å². The molecule has 1 saturated heterocycles. The highest BCUT2D eigenvalue weighted by Gasteiger charge is 2.20. The van der Waals surface area contributed by atoms with E-state index >= 15 is 0 Å². The highest BCUT2D eigenvalue weighted by Crippen LogP contribution is 2.16. The standard InChI is InChI=1S/C14H24N2O/c1-5-15-6-7-17-14(9-15)10-16-8-11(2)12(3)13(16)4/h8,14H,5-7,9-10H2,1-4H3. The summed E-state index contributed by atoms with van der Waals surface area (Å²) in [6.07, 6.45) is 2.59. The van der Waals surface area contributed by atoms with Crippen molar-refractivity contribution < 1.29 is 4.74 Å². The van der Waals surface area contributed by atoms with E-state index in [4.69, 9.17) is 4.74 Å². The number of aryl methyl sites for hydroxylation is 1. The highest BCUT2D eigenvalue weighted by molar-refractivity contribution is 5.28. The van der Waals surface area contributed by atoms with Gasteiger partial charge in [-0.05, 0) is 38.4 Å². The fourth-order valence-corrected chi connectivity index (χ4v) is 2.52. The number of nitrogens with zero attached hydrogens (tertiary/aromatic N) is 2. The predicted molar refractivity (Wildman–Crippen MR) is 70.5 cm³/mol. The summed E-state index contributed by atoms with van der Waals surface area (Å²) in [7, 11) is 0. The minimum atomic E-state index is 0.341. The second-order valence-corrected chi connectivity index (χ2v) is 5.06. The molecule has 0 bridgehead atoms. The molecule has 0 aromatic carbocycles. The molecule has 0 radical (unpaired) electrons. The number of morpholine rings is 1. The lowest BCUT2D eigenvalue weighted by atomic mass is 10.2. The summed E-state index contributed by atoms with van der Waals surface area (Å²) in [6.45, 7) is 13.9. The smallest absolute Gasteiger partial charge is 0.0881 e. The summed E-state index contributed by atoms with van der Waals surface area (Å²) in [5.74, 6) is 0. The van der Waals surface area contributed by atoms with Crippen molar-refractivity contribution in [3.63, 3.8) is 0 Å². The lowest BCUT2D eigenvalue weighted by Crippen LogP contribution is -2.43. The quantitative estimate of drug-likeness (QED) is 0.800. The van der Waals surface area contributed by atoms with Gasteiger partial charge in [-0.25, -0.2) is 0 Å². The fourth-order valence-electron chi connectivity index (χ4n) is 2.52. The minimum Gasteiger partial charge on any atom is -0.374 e. The van der Waals surface area contributed by atoms with Crippen LogP contribution in [0.1, 0.15) is 23.7 Å². The Kier molecular flexibility index (Phi) is 3.89. The van der Waals surface area contributed by atoms with E-state index in [0.717, 1.165) is 32.8 Å². The zero-order valence-corrected chi connectivity index (χ0v) is 11.5. The molecule has 0 N–H and O–H groups in total. The summed E-state index contributed by atoms with van der Waals surface area (Å²) < 4.78 is 8.20. The van der Waals surface area contributed by atoms with Gasteiger partial charge in [-0.3, -0.25) is 4.90 Å². The molecule has 1 atom stereocenters. The Bertz CT molecular complexity index is 384. The van der Waals surface area contributed by atoms with Gasteiger partial charge in [-0.15, -0.1) is 0 Å². The van der Waals surface area contributed by atoms with E-state index in [9.17, 15) is 0 Å². The predicted octanol–water partition coefficient (Wildman–Crippen LogP) is 2.13. The minimum absolute atomic E-state index is 0.341. The molecule has 17 heavy (non-hydrogen) atoms. The molecule has 1 unspecified atom stereocenters. The molecule has 2 rings (SSSR count). The number of hydrogen-bond acceptors (Lipinski definition) is 2. The highest BCUT2D eigenvalue weighted by atomic mass is 16.5. The van der Waals surface area contributed by atoms with E-state index in [0.29, 0.717) is 6.10 Å². The molecular formula is C14H24N2O. The molecule has 2 heterocycles. The molecule has 1 aromatic rings. The molecule has 1 aliphatic rings. The Morgan fingerprint density at radius 1 is 1.35 bits per heavy atom. The van der Waals surface area contributed by atoms with Crippen molar-refractivity contribution in [3.05, 3.63) is 23.0 Å². The Hall–Kier alpha value is -0.800. The topological polar surface area (TPSA) is 17.4 Å². The molecule has 3 nitrogen and oxygen atoms in total.